The van der Waals surface area contributed by atoms with E-state index in [2.05, 4.69) is 10.6 Å². The van der Waals surface area contributed by atoms with Gasteiger partial charge in [0.05, 0.1) is 0 Å². The van der Waals surface area contributed by atoms with Crippen molar-refractivity contribution in [3.63, 3.8) is 0 Å². The summed E-state index contributed by atoms with van der Waals surface area (Å²) < 4.78 is 0. The highest BCUT2D eigenvalue weighted by Gasteiger charge is 1.99. The van der Waals surface area contributed by atoms with Gasteiger partial charge in [-0.25, -0.2) is 0 Å². The second kappa shape index (κ2) is 7.52. The van der Waals surface area contributed by atoms with Gasteiger partial charge < -0.3 is 10.6 Å². The summed E-state index contributed by atoms with van der Waals surface area (Å²) >= 11 is 0. The van der Waals surface area contributed by atoms with Crippen LogP contribution in [0.2, 0.25) is 0 Å². The van der Waals surface area contributed by atoms with Crippen LogP contribution in [0.1, 0.15) is 12.0 Å². The van der Waals surface area contributed by atoms with Gasteiger partial charge in [0.1, 0.15) is 17.7 Å². The number of aryl methyl sites for hydroxylation is 1. The summed E-state index contributed by atoms with van der Waals surface area (Å²) in [5.74, 6) is 0.0119. The highest BCUT2D eigenvalue weighted by molar-refractivity contribution is 5.75. The molecule has 0 bridgehead atoms. The highest BCUT2D eigenvalue weighted by atomic mass is 16.1. The van der Waals surface area contributed by atoms with Crippen LogP contribution in [0, 0.1) is 22.7 Å². The summed E-state index contributed by atoms with van der Waals surface area (Å²) in [7, 11) is 1.61. The van der Waals surface area contributed by atoms with Crippen LogP contribution in [0.5, 0.6) is 0 Å². The minimum atomic E-state index is 0.0119. The SMILES string of the molecule is CNC(=O)CCc1ccc(NC=C(C#N)C#N)cc1. The Balaban J connectivity index is 2.58. The third kappa shape index (κ3) is 4.93. The van der Waals surface area contributed by atoms with E-state index >= 15 is 0 Å². The Hall–Kier alpha value is -2.79. The minimum absolute atomic E-state index is 0.0119. The topological polar surface area (TPSA) is 88.7 Å². The Morgan fingerprint density at radius 2 is 1.89 bits per heavy atom. The van der Waals surface area contributed by atoms with E-state index < -0.39 is 0 Å². The van der Waals surface area contributed by atoms with Crippen LogP contribution >= 0.6 is 0 Å². The van der Waals surface area contributed by atoms with Gasteiger partial charge in [0, 0.05) is 25.4 Å². The smallest absolute Gasteiger partial charge is 0.220 e. The number of rotatable bonds is 5. The van der Waals surface area contributed by atoms with Crippen LogP contribution < -0.4 is 10.6 Å². The molecule has 0 saturated heterocycles. The van der Waals surface area contributed by atoms with Crippen LogP contribution in [-0.2, 0) is 11.2 Å². The molecule has 0 atom stereocenters. The fourth-order valence-corrected chi connectivity index (χ4v) is 1.40. The van der Waals surface area contributed by atoms with Gasteiger partial charge in [-0.2, -0.15) is 10.5 Å². The molecular formula is C14H14N4O. The molecule has 96 valence electrons. The second-order valence-corrected chi connectivity index (χ2v) is 3.80. The Labute approximate surface area is 112 Å². The van der Waals surface area contributed by atoms with E-state index in [-0.39, 0.29) is 11.5 Å². The predicted molar refractivity (Wildman–Crippen MR) is 71.8 cm³/mol. The number of nitrogens with zero attached hydrogens (tertiary/aromatic N) is 2. The zero-order chi connectivity index (χ0) is 14.1. The van der Waals surface area contributed by atoms with Gasteiger partial charge in [0.15, 0.2) is 0 Å². The molecule has 5 nitrogen and oxygen atoms in total. The van der Waals surface area contributed by atoms with Crippen molar-refractivity contribution in [1.29, 1.82) is 10.5 Å². The Bertz CT molecular complexity index is 530. The number of carbonyl (C=O) groups is 1. The molecule has 0 aliphatic heterocycles. The summed E-state index contributed by atoms with van der Waals surface area (Å²) in [4.78, 5) is 11.1. The third-order valence-electron chi connectivity index (χ3n) is 2.50. The van der Waals surface area contributed by atoms with E-state index in [9.17, 15) is 4.79 Å². The fraction of sp³-hybridized carbons (Fsp3) is 0.214. The van der Waals surface area contributed by atoms with Crippen molar-refractivity contribution in [2.75, 3.05) is 12.4 Å². The van der Waals surface area contributed by atoms with Crippen LogP contribution in [0.15, 0.2) is 36.0 Å². The van der Waals surface area contributed by atoms with Crippen LogP contribution in [0.25, 0.3) is 0 Å². The van der Waals surface area contributed by atoms with Crippen molar-refractivity contribution >= 4 is 11.6 Å². The first-order chi connectivity index (χ1) is 9.19. The first-order valence-electron chi connectivity index (χ1n) is 5.76. The van der Waals surface area contributed by atoms with E-state index in [4.69, 9.17) is 10.5 Å². The average molecular weight is 254 g/mol. The molecule has 1 rings (SSSR count). The molecule has 1 aromatic carbocycles. The quantitative estimate of drug-likeness (QED) is 0.783. The third-order valence-corrected chi connectivity index (χ3v) is 2.50. The Kier molecular flexibility index (Phi) is 5.65. The van der Waals surface area contributed by atoms with E-state index in [1.165, 1.54) is 6.20 Å². The molecular weight excluding hydrogens is 240 g/mol. The first kappa shape index (κ1) is 14.3. The van der Waals surface area contributed by atoms with E-state index in [0.717, 1.165) is 11.3 Å². The zero-order valence-corrected chi connectivity index (χ0v) is 10.6. The molecule has 1 amide bonds. The molecule has 1 aromatic rings. The average Bonchev–Trinajstić information content (AvgIpc) is 2.47. The molecule has 0 unspecified atom stereocenters. The normalized spacial score (nSPS) is 8.79. The van der Waals surface area contributed by atoms with Gasteiger partial charge in [0.2, 0.25) is 5.91 Å². The zero-order valence-electron chi connectivity index (χ0n) is 10.6. The van der Waals surface area contributed by atoms with Crippen LogP contribution in [-0.4, -0.2) is 13.0 Å². The van der Waals surface area contributed by atoms with Gasteiger partial charge in [-0.1, -0.05) is 12.1 Å². The number of anilines is 1. The lowest BCUT2D eigenvalue weighted by Crippen LogP contribution is -2.17. The summed E-state index contributed by atoms with van der Waals surface area (Å²) in [6, 6.07) is 11.0. The lowest BCUT2D eigenvalue weighted by molar-refractivity contribution is -0.120. The number of carbonyl (C=O) groups excluding carboxylic acids is 1. The number of hydrogen-bond acceptors (Lipinski definition) is 4. The maximum Gasteiger partial charge on any atom is 0.220 e. The number of nitriles is 2. The van der Waals surface area contributed by atoms with E-state index in [1.807, 2.05) is 24.3 Å². The molecule has 0 spiro atoms. The molecule has 0 fully saturated rings. The molecule has 2 N–H and O–H groups in total. The molecule has 0 radical (unpaired) electrons. The van der Waals surface area contributed by atoms with Crippen molar-refractivity contribution in [1.82, 2.24) is 5.32 Å². The minimum Gasteiger partial charge on any atom is -0.360 e. The van der Waals surface area contributed by atoms with Gasteiger partial charge >= 0.3 is 0 Å². The van der Waals surface area contributed by atoms with Gasteiger partial charge in [0.25, 0.3) is 0 Å². The summed E-state index contributed by atoms with van der Waals surface area (Å²) in [6.07, 6.45) is 2.49. The lowest BCUT2D eigenvalue weighted by atomic mass is 10.1. The molecule has 0 saturated carbocycles. The Morgan fingerprint density at radius 3 is 2.42 bits per heavy atom. The summed E-state index contributed by atoms with van der Waals surface area (Å²) in [5, 5.41) is 22.6. The van der Waals surface area contributed by atoms with Crippen molar-refractivity contribution < 1.29 is 4.79 Å². The molecule has 0 aliphatic rings. The van der Waals surface area contributed by atoms with Crippen molar-refractivity contribution in [3.8, 4) is 12.1 Å². The maximum absolute atomic E-state index is 11.1. The fourth-order valence-electron chi connectivity index (χ4n) is 1.40. The number of benzene rings is 1. The second-order valence-electron chi connectivity index (χ2n) is 3.80. The van der Waals surface area contributed by atoms with Crippen molar-refractivity contribution in [2.45, 2.75) is 12.8 Å². The molecule has 5 heteroatoms. The van der Waals surface area contributed by atoms with Crippen molar-refractivity contribution in [2.24, 2.45) is 0 Å². The van der Waals surface area contributed by atoms with Gasteiger partial charge in [-0.05, 0) is 24.1 Å². The molecule has 0 aliphatic carbocycles. The van der Waals surface area contributed by atoms with Crippen LogP contribution in [0.4, 0.5) is 5.69 Å². The summed E-state index contributed by atoms with van der Waals surface area (Å²) in [5.41, 5.74) is 1.86. The maximum atomic E-state index is 11.1. The monoisotopic (exact) mass is 254 g/mol. The van der Waals surface area contributed by atoms with E-state index in [1.54, 1.807) is 19.2 Å². The predicted octanol–water partition coefficient (Wildman–Crippen LogP) is 1.71. The largest absolute Gasteiger partial charge is 0.360 e. The van der Waals surface area contributed by atoms with Gasteiger partial charge in [-0.15, -0.1) is 0 Å². The number of amides is 1. The van der Waals surface area contributed by atoms with E-state index in [0.29, 0.717) is 12.8 Å². The lowest BCUT2D eigenvalue weighted by Gasteiger charge is -2.04. The molecule has 0 aromatic heterocycles. The standard InChI is InChI=1S/C14H14N4O/c1-17-14(19)7-4-11-2-5-13(6-3-11)18-10-12(8-15)9-16/h2-3,5-6,10,18H,4,7H2,1H3,(H,17,19). The highest BCUT2D eigenvalue weighted by Crippen LogP contribution is 2.11. The summed E-state index contributed by atoms with van der Waals surface area (Å²) in [6.45, 7) is 0. The molecule has 19 heavy (non-hydrogen) atoms. The molecule has 0 heterocycles. The Morgan fingerprint density at radius 1 is 1.26 bits per heavy atom. The number of allylic oxidation sites excluding steroid dienone is 1. The van der Waals surface area contributed by atoms with Gasteiger partial charge in [-0.3, -0.25) is 4.79 Å². The number of hydrogen-bond donors (Lipinski definition) is 2. The first-order valence-corrected chi connectivity index (χ1v) is 5.76. The van der Waals surface area contributed by atoms with Crippen LogP contribution in [0.3, 0.4) is 0 Å². The van der Waals surface area contributed by atoms with Crippen molar-refractivity contribution in [3.05, 3.63) is 41.6 Å². The number of nitrogens with one attached hydrogen (secondary N) is 2.